The first-order valence-electron chi connectivity index (χ1n) is 10.0. The maximum atomic E-state index is 13.8. The topological polar surface area (TPSA) is 84.4 Å². The predicted molar refractivity (Wildman–Crippen MR) is 112 cm³/mol. The van der Waals surface area contributed by atoms with Gasteiger partial charge in [0.15, 0.2) is 0 Å². The largest absolute Gasteiger partial charge is 0.478 e. The molecular formula is C23H22FN3O4. The van der Waals surface area contributed by atoms with Gasteiger partial charge >= 0.3 is 5.69 Å². The van der Waals surface area contributed by atoms with E-state index in [2.05, 4.69) is 4.98 Å². The lowest BCUT2D eigenvalue weighted by Gasteiger charge is -2.47. The van der Waals surface area contributed by atoms with Gasteiger partial charge in [0, 0.05) is 24.8 Å². The second-order valence-corrected chi connectivity index (χ2v) is 7.50. The number of para-hydroxylation sites is 1. The number of benzene rings is 2. The smallest absolute Gasteiger partial charge is 0.328 e. The first-order chi connectivity index (χ1) is 14.9. The van der Waals surface area contributed by atoms with Crippen LogP contribution in [0.25, 0.3) is 0 Å². The van der Waals surface area contributed by atoms with Crippen molar-refractivity contribution in [3.8, 4) is 5.75 Å². The normalized spacial score (nSPS) is 18.0. The monoisotopic (exact) mass is 423 g/mol. The second kappa shape index (κ2) is 8.59. The van der Waals surface area contributed by atoms with Crippen LogP contribution in [0, 0.1) is 12.7 Å². The molecule has 1 fully saturated rings. The molecule has 0 unspecified atom stereocenters. The molecular weight excluding hydrogens is 401 g/mol. The van der Waals surface area contributed by atoms with E-state index in [0.29, 0.717) is 36.4 Å². The minimum absolute atomic E-state index is 0.192. The number of likely N-dealkylation sites (tertiary alicyclic amines) is 1. The molecule has 160 valence electrons. The fourth-order valence-corrected chi connectivity index (χ4v) is 3.77. The number of β-lactam (4-membered cyclic amide) rings is 1. The maximum absolute atomic E-state index is 13.8. The average molecular weight is 423 g/mol. The number of rotatable bonds is 7. The molecule has 2 heterocycles. The third-order valence-electron chi connectivity index (χ3n) is 5.33. The number of carbonyl (C=O) groups excluding carboxylic acids is 1. The number of hydrogen-bond donors (Lipinski definition) is 1. The van der Waals surface area contributed by atoms with E-state index < -0.39 is 23.4 Å². The van der Waals surface area contributed by atoms with Crippen molar-refractivity contribution in [2.75, 3.05) is 6.54 Å². The van der Waals surface area contributed by atoms with Crippen molar-refractivity contribution in [2.24, 2.45) is 0 Å². The van der Waals surface area contributed by atoms with E-state index in [-0.39, 0.29) is 11.7 Å². The molecule has 0 spiro atoms. The lowest BCUT2D eigenvalue weighted by Crippen LogP contribution is -2.61. The Labute approximate surface area is 177 Å². The highest BCUT2D eigenvalue weighted by Crippen LogP contribution is 2.38. The molecule has 0 bridgehead atoms. The standard InChI is InChI=1S/C23H22FN3O4/c1-15-14-26(23(30)25-21(15)28)11-6-12-27-19(16-7-5-8-17(24)13-16)20(22(27)29)31-18-9-3-2-4-10-18/h2-5,7-10,13-14,19-20H,6,11-12H2,1H3,(H,25,28,30)/t19-,20+/m0/s1. The van der Waals surface area contributed by atoms with Crippen molar-refractivity contribution in [2.45, 2.75) is 32.0 Å². The molecule has 0 saturated carbocycles. The quantitative estimate of drug-likeness (QED) is 0.592. The van der Waals surface area contributed by atoms with Gasteiger partial charge < -0.3 is 14.2 Å². The molecule has 1 aliphatic rings. The molecule has 0 aliphatic carbocycles. The number of nitrogens with zero attached hydrogens (tertiary/aromatic N) is 2. The van der Waals surface area contributed by atoms with Crippen molar-refractivity contribution in [1.82, 2.24) is 14.5 Å². The van der Waals surface area contributed by atoms with E-state index >= 15 is 0 Å². The summed E-state index contributed by atoms with van der Waals surface area (Å²) in [6.45, 7) is 2.32. The van der Waals surface area contributed by atoms with Crippen molar-refractivity contribution < 1.29 is 13.9 Å². The first kappa shape index (κ1) is 20.6. The van der Waals surface area contributed by atoms with Crippen molar-refractivity contribution in [1.29, 1.82) is 0 Å². The van der Waals surface area contributed by atoms with E-state index in [1.54, 1.807) is 36.1 Å². The number of nitrogens with one attached hydrogen (secondary N) is 1. The molecule has 1 amide bonds. The Morgan fingerprint density at radius 1 is 1.03 bits per heavy atom. The maximum Gasteiger partial charge on any atom is 0.328 e. The van der Waals surface area contributed by atoms with Crippen LogP contribution in [0.4, 0.5) is 4.39 Å². The van der Waals surface area contributed by atoms with Crippen LogP contribution in [-0.4, -0.2) is 33.0 Å². The van der Waals surface area contributed by atoms with Crippen LogP contribution >= 0.6 is 0 Å². The molecule has 8 heteroatoms. The Morgan fingerprint density at radius 3 is 2.55 bits per heavy atom. The molecule has 3 aromatic rings. The fraction of sp³-hybridized carbons (Fsp3) is 0.261. The fourth-order valence-electron chi connectivity index (χ4n) is 3.77. The molecule has 1 aliphatic heterocycles. The minimum atomic E-state index is -0.748. The molecule has 31 heavy (non-hydrogen) atoms. The third-order valence-corrected chi connectivity index (χ3v) is 5.33. The minimum Gasteiger partial charge on any atom is -0.478 e. The number of aryl methyl sites for hydroxylation is 2. The zero-order chi connectivity index (χ0) is 22.0. The number of aromatic nitrogens is 2. The Balaban J connectivity index is 1.50. The number of amides is 1. The predicted octanol–water partition coefficient (Wildman–Crippen LogP) is 2.41. The van der Waals surface area contributed by atoms with Gasteiger partial charge in [-0.2, -0.15) is 0 Å². The Morgan fingerprint density at radius 2 is 1.81 bits per heavy atom. The van der Waals surface area contributed by atoms with Gasteiger partial charge in [0.2, 0.25) is 6.10 Å². The van der Waals surface area contributed by atoms with Gasteiger partial charge in [0.1, 0.15) is 17.6 Å². The van der Waals surface area contributed by atoms with Crippen LogP contribution in [0.15, 0.2) is 70.4 Å². The molecule has 1 aromatic heterocycles. The molecule has 4 rings (SSSR count). The van der Waals surface area contributed by atoms with Crippen LogP contribution < -0.4 is 16.0 Å². The third kappa shape index (κ3) is 4.28. The van der Waals surface area contributed by atoms with Gasteiger partial charge in [0.25, 0.3) is 11.5 Å². The number of carbonyl (C=O) groups is 1. The number of ether oxygens (including phenoxy) is 1. The summed E-state index contributed by atoms with van der Waals surface area (Å²) >= 11 is 0. The van der Waals surface area contributed by atoms with Crippen LogP contribution in [0.3, 0.4) is 0 Å². The summed E-state index contributed by atoms with van der Waals surface area (Å²) in [5.41, 5.74) is 0.190. The van der Waals surface area contributed by atoms with Crippen molar-refractivity contribution in [3.05, 3.63) is 98.6 Å². The van der Waals surface area contributed by atoms with Crippen LogP contribution in [0.2, 0.25) is 0 Å². The number of H-pyrrole nitrogens is 1. The zero-order valence-electron chi connectivity index (χ0n) is 17.0. The number of aromatic amines is 1. The number of hydrogen-bond acceptors (Lipinski definition) is 4. The second-order valence-electron chi connectivity index (χ2n) is 7.50. The molecule has 7 nitrogen and oxygen atoms in total. The van der Waals surface area contributed by atoms with Crippen LogP contribution in [0.5, 0.6) is 5.75 Å². The Kier molecular flexibility index (Phi) is 5.70. The Hall–Kier alpha value is -3.68. The molecule has 1 saturated heterocycles. The molecule has 2 atom stereocenters. The van der Waals surface area contributed by atoms with Gasteiger partial charge in [-0.3, -0.25) is 14.6 Å². The number of halogens is 1. The lowest BCUT2D eigenvalue weighted by molar-refractivity contribution is -0.164. The van der Waals surface area contributed by atoms with Gasteiger partial charge in [-0.1, -0.05) is 30.3 Å². The van der Waals surface area contributed by atoms with E-state index in [9.17, 15) is 18.8 Å². The Bertz CT molecular complexity index is 1210. The van der Waals surface area contributed by atoms with Crippen LogP contribution in [-0.2, 0) is 11.3 Å². The average Bonchev–Trinajstić information content (AvgIpc) is 2.76. The van der Waals surface area contributed by atoms with Gasteiger partial charge in [-0.25, -0.2) is 9.18 Å². The first-order valence-corrected chi connectivity index (χ1v) is 10.0. The van der Waals surface area contributed by atoms with Gasteiger partial charge in [-0.15, -0.1) is 0 Å². The zero-order valence-corrected chi connectivity index (χ0v) is 17.0. The summed E-state index contributed by atoms with van der Waals surface area (Å²) in [4.78, 5) is 40.2. The lowest BCUT2D eigenvalue weighted by atomic mass is 9.90. The van der Waals surface area contributed by atoms with Crippen molar-refractivity contribution in [3.63, 3.8) is 0 Å². The highest BCUT2D eigenvalue weighted by molar-refractivity contribution is 5.89. The van der Waals surface area contributed by atoms with Crippen molar-refractivity contribution >= 4 is 5.91 Å². The molecule has 0 radical (unpaired) electrons. The summed E-state index contributed by atoms with van der Waals surface area (Å²) in [6, 6.07) is 14.7. The van der Waals surface area contributed by atoms with E-state index in [1.807, 2.05) is 18.2 Å². The van der Waals surface area contributed by atoms with Gasteiger partial charge in [0.05, 0.1) is 0 Å². The van der Waals surface area contributed by atoms with E-state index in [0.717, 1.165) is 0 Å². The van der Waals surface area contributed by atoms with Gasteiger partial charge in [-0.05, 0) is 43.2 Å². The summed E-state index contributed by atoms with van der Waals surface area (Å²) in [5, 5.41) is 0. The van der Waals surface area contributed by atoms with E-state index in [1.165, 1.54) is 22.9 Å². The SMILES string of the molecule is Cc1cn(CCCN2C(=O)[C@H](Oc3ccccc3)[C@@H]2c2cccc(F)c2)c(=O)[nH]c1=O. The summed E-state index contributed by atoms with van der Waals surface area (Å²) in [5.74, 6) is -0.00851. The summed E-state index contributed by atoms with van der Waals surface area (Å²) < 4.78 is 21.2. The molecule has 1 N–H and O–H groups in total. The summed E-state index contributed by atoms with van der Waals surface area (Å²) in [6.07, 6.45) is 1.24. The van der Waals surface area contributed by atoms with E-state index in [4.69, 9.17) is 4.74 Å². The highest BCUT2D eigenvalue weighted by atomic mass is 19.1. The molecule has 2 aromatic carbocycles. The summed E-state index contributed by atoms with van der Waals surface area (Å²) in [7, 11) is 0. The highest BCUT2D eigenvalue weighted by Gasteiger charge is 2.49. The van der Waals surface area contributed by atoms with Crippen LogP contribution in [0.1, 0.15) is 23.6 Å².